The standard InChI is InChI=1S/C10H10BrNO3/c1-7(12-15-10(14)6-11)8-4-2-3-5-9(8)13/h2-5,13H,6H2,1H3/b12-7+. The number of benzene rings is 1. The molecular formula is C10H10BrNO3. The zero-order valence-corrected chi connectivity index (χ0v) is 9.69. The summed E-state index contributed by atoms with van der Waals surface area (Å²) in [5.41, 5.74) is 0.988. The number of phenolic OH excluding ortho intramolecular Hbond substituents is 1. The maximum atomic E-state index is 10.8. The molecule has 4 nitrogen and oxygen atoms in total. The fourth-order valence-corrected chi connectivity index (χ4v) is 1.07. The summed E-state index contributed by atoms with van der Waals surface area (Å²) >= 11 is 2.94. The molecule has 0 atom stereocenters. The molecule has 0 saturated carbocycles. The van der Waals surface area contributed by atoms with Gasteiger partial charge in [-0.15, -0.1) is 0 Å². The Balaban J connectivity index is 2.80. The first-order valence-electron chi connectivity index (χ1n) is 4.24. The van der Waals surface area contributed by atoms with Crippen LogP contribution in [0.2, 0.25) is 0 Å². The van der Waals surface area contributed by atoms with Gasteiger partial charge in [0, 0.05) is 5.56 Å². The summed E-state index contributed by atoms with van der Waals surface area (Å²) < 4.78 is 0. The molecule has 0 unspecified atom stereocenters. The van der Waals surface area contributed by atoms with Crippen LogP contribution in [0.5, 0.6) is 5.75 Å². The van der Waals surface area contributed by atoms with Crippen LogP contribution >= 0.6 is 15.9 Å². The van der Waals surface area contributed by atoms with E-state index in [4.69, 9.17) is 0 Å². The molecular weight excluding hydrogens is 262 g/mol. The SMILES string of the molecule is C/C(=N\OC(=O)CBr)c1ccccc1O. The molecule has 5 heteroatoms. The van der Waals surface area contributed by atoms with E-state index < -0.39 is 5.97 Å². The van der Waals surface area contributed by atoms with Gasteiger partial charge in [-0.3, -0.25) is 0 Å². The molecule has 0 saturated heterocycles. The molecule has 0 aromatic heterocycles. The van der Waals surface area contributed by atoms with E-state index in [-0.39, 0.29) is 11.1 Å². The average molecular weight is 272 g/mol. The van der Waals surface area contributed by atoms with Gasteiger partial charge >= 0.3 is 5.97 Å². The minimum Gasteiger partial charge on any atom is -0.507 e. The number of alkyl halides is 1. The maximum absolute atomic E-state index is 10.8. The van der Waals surface area contributed by atoms with E-state index in [0.717, 1.165) is 0 Å². The molecule has 15 heavy (non-hydrogen) atoms. The van der Waals surface area contributed by atoms with Crippen molar-refractivity contribution in [1.82, 2.24) is 0 Å². The number of carbonyl (C=O) groups is 1. The van der Waals surface area contributed by atoms with Gasteiger partial charge in [-0.2, -0.15) is 0 Å². The highest BCUT2D eigenvalue weighted by atomic mass is 79.9. The Morgan fingerprint density at radius 3 is 2.80 bits per heavy atom. The van der Waals surface area contributed by atoms with Crippen LogP contribution < -0.4 is 0 Å². The molecule has 0 aliphatic carbocycles. The third kappa shape index (κ3) is 3.36. The Kier molecular flexibility index (Phi) is 4.30. The molecule has 0 amide bonds. The van der Waals surface area contributed by atoms with Crippen molar-refractivity contribution in [2.45, 2.75) is 6.92 Å². The molecule has 1 aromatic carbocycles. The minimum absolute atomic E-state index is 0.0878. The summed E-state index contributed by atoms with van der Waals surface area (Å²) in [6, 6.07) is 6.70. The number of rotatable bonds is 3. The summed E-state index contributed by atoms with van der Waals surface area (Å²) in [7, 11) is 0. The van der Waals surface area contributed by atoms with Gasteiger partial charge in [0.05, 0.1) is 5.71 Å². The fraction of sp³-hybridized carbons (Fsp3) is 0.200. The van der Waals surface area contributed by atoms with Crippen molar-refractivity contribution in [3.05, 3.63) is 29.8 Å². The molecule has 0 spiro atoms. The van der Waals surface area contributed by atoms with Crippen molar-refractivity contribution in [2.24, 2.45) is 5.16 Å². The van der Waals surface area contributed by atoms with Crippen LogP contribution in [0.15, 0.2) is 29.4 Å². The summed E-state index contributed by atoms with van der Waals surface area (Å²) in [5.74, 6) is -0.376. The van der Waals surface area contributed by atoms with Crippen LogP contribution in [0, 0.1) is 0 Å². The highest BCUT2D eigenvalue weighted by Gasteiger charge is 2.05. The monoisotopic (exact) mass is 271 g/mol. The van der Waals surface area contributed by atoms with Crippen molar-refractivity contribution in [2.75, 3.05) is 5.33 Å². The highest BCUT2D eigenvalue weighted by molar-refractivity contribution is 9.09. The van der Waals surface area contributed by atoms with Gasteiger partial charge in [0.15, 0.2) is 0 Å². The van der Waals surface area contributed by atoms with Crippen LogP contribution in [0.1, 0.15) is 12.5 Å². The average Bonchev–Trinajstić information content (AvgIpc) is 2.26. The molecule has 80 valence electrons. The normalized spacial score (nSPS) is 11.2. The first kappa shape index (κ1) is 11.7. The summed E-state index contributed by atoms with van der Waals surface area (Å²) in [6.07, 6.45) is 0. The molecule has 0 bridgehead atoms. The Bertz CT molecular complexity index is 390. The van der Waals surface area contributed by atoms with E-state index in [1.165, 1.54) is 0 Å². The predicted molar refractivity (Wildman–Crippen MR) is 60.2 cm³/mol. The molecule has 0 heterocycles. The highest BCUT2D eigenvalue weighted by Crippen LogP contribution is 2.16. The van der Waals surface area contributed by atoms with Crippen molar-refractivity contribution in [3.63, 3.8) is 0 Å². The number of halogens is 1. The zero-order valence-electron chi connectivity index (χ0n) is 8.11. The minimum atomic E-state index is -0.482. The van der Waals surface area contributed by atoms with Crippen molar-refractivity contribution >= 4 is 27.6 Å². The molecule has 0 fully saturated rings. The van der Waals surface area contributed by atoms with E-state index >= 15 is 0 Å². The second kappa shape index (κ2) is 5.50. The van der Waals surface area contributed by atoms with Gasteiger partial charge in [0.25, 0.3) is 0 Å². The van der Waals surface area contributed by atoms with Crippen molar-refractivity contribution in [3.8, 4) is 5.75 Å². The second-order valence-corrected chi connectivity index (χ2v) is 3.35. The lowest BCUT2D eigenvalue weighted by Crippen LogP contribution is -2.03. The lowest BCUT2D eigenvalue weighted by Gasteiger charge is -2.02. The van der Waals surface area contributed by atoms with E-state index in [9.17, 15) is 9.90 Å². The van der Waals surface area contributed by atoms with Crippen molar-refractivity contribution in [1.29, 1.82) is 0 Å². The van der Waals surface area contributed by atoms with Gasteiger partial charge in [-0.05, 0) is 19.1 Å². The largest absolute Gasteiger partial charge is 0.507 e. The van der Waals surface area contributed by atoms with Crippen molar-refractivity contribution < 1.29 is 14.7 Å². The molecule has 1 N–H and O–H groups in total. The maximum Gasteiger partial charge on any atom is 0.345 e. The lowest BCUT2D eigenvalue weighted by atomic mass is 10.1. The third-order valence-corrected chi connectivity index (χ3v) is 2.15. The van der Waals surface area contributed by atoms with Gasteiger partial charge in [-0.1, -0.05) is 33.2 Å². The Morgan fingerprint density at radius 2 is 2.20 bits per heavy atom. The van der Waals surface area contributed by atoms with Gasteiger partial charge in [-0.25, -0.2) is 4.79 Å². The first-order valence-corrected chi connectivity index (χ1v) is 5.36. The van der Waals surface area contributed by atoms with E-state index in [1.54, 1.807) is 31.2 Å². The molecule has 0 aliphatic heterocycles. The van der Waals surface area contributed by atoms with Crippen LogP contribution in [0.3, 0.4) is 0 Å². The molecule has 0 radical (unpaired) electrons. The summed E-state index contributed by atoms with van der Waals surface area (Å²) in [6.45, 7) is 1.65. The first-order chi connectivity index (χ1) is 7.15. The second-order valence-electron chi connectivity index (χ2n) is 2.79. The Hall–Kier alpha value is -1.36. The van der Waals surface area contributed by atoms with Crippen LogP contribution in [-0.4, -0.2) is 22.1 Å². The smallest absolute Gasteiger partial charge is 0.345 e. The number of oxime groups is 1. The van der Waals surface area contributed by atoms with E-state index in [0.29, 0.717) is 11.3 Å². The van der Waals surface area contributed by atoms with Gasteiger partial charge in [0.2, 0.25) is 0 Å². The fourth-order valence-electron chi connectivity index (χ4n) is 0.973. The number of para-hydroxylation sites is 1. The summed E-state index contributed by atoms with van der Waals surface area (Å²) in [4.78, 5) is 15.3. The Morgan fingerprint density at radius 1 is 1.53 bits per heavy atom. The number of nitrogens with zero attached hydrogens (tertiary/aromatic N) is 1. The predicted octanol–water partition coefficient (Wildman–Crippen LogP) is 2.05. The molecule has 0 aliphatic rings. The van der Waals surface area contributed by atoms with Gasteiger partial charge in [0.1, 0.15) is 11.1 Å². The third-order valence-electron chi connectivity index (χ3n) is 1.69. The zero-order chi connectivity index (χ0) is 11.3. The number of phenols is 1. The number of carbonyl (C=O) groups excluding carboxylic acids is 1. The van der Waals surface area contributed by atoms with E-state index in [2.05, 4.69) is 25.9 Å². The van der Waals surface area contributed by atoms with E-state index in [1.807, 2.05) is 0 Å². The molecule has 1 aromatic rings. The van der Waals surface area contributed by atoms with Gasteiger partial charge < -0.3 is 9.94 Å². The number of hydrogen-bond acceptors (Lipinski definition) is 4. The number of aromatic hydroxyl groups is 1. The van der Waals surface area contributed by atoms with Crippen LogP contribution in [-0.2, 0) is 9.63 Å². The van der Waals surface area contributed by atoms with Crippen LogP contribution in [0.4, 0.5) is 0 Å². The summed E-state index contributed by atoms with van der Waals surface area (Å²) in [5, 5.41) is 13.2. The lowest BCUT2D eigenvalue weighted by molar-refractivity contribution is -0.140. The molecule has 1 rings (SSSR count). The number of hydrogen-bond donors (Lipinski definition) is 1. The Labute approximate surface area is 95.7 Å². The topological polar surface area (TPSA) is 58.9 Å². The van der Waals surface area contributed by atoms with Crippen LogP contribution in [0.25, 0.3) is 0 Å². The quantitative estimate of drug-likeness (QED) is 0.396.